The fourth-order valence-electron chi connectivity index (χ4n) is 3.38. The number of aromatic amines is 1. The first-order chi connectivity index (χ1) is 12.7. The summed E-state index contributed by atoms with van der Waals surface area (Å²) < 4.78 is 0. The van der Waals surface area contributed by atoms with Gasteiger partial charge in [0.1, 0.15) is 5.56 Å². The van der Waals surface area contributed by atoms with E-state index in [1.165, 1.54) is 0 Å². The van der Waals surface area contributed by atoms with E-state index in [0.29, 0.717) is 28.6 Å². The molecule has 0 amide bonds. The summed E-state index contributed by atoms with van der Waals surface area (Å²) in [6.45, 7) is 5.43. The van der Waals surface area contributed by atoms with Crippen LogP contribution in [-0.4, -0.2) is 26.0 Å². The number of rotatable bonds is 4. The molecule has 8 nitrogen and oxygen atoms in total. The van der Waals surface area contributed by atoms with E-state index in [-0.39, 0.29) is 11.1 Å². The molecule has 0 unspecified atom stereocenters. The zero-order valence-electron chi connectivity index (χ0n) is 15.0. The van der Waals surface area contributed by atoms with Crippen molar-refractivity contribution < 1.29 is 14.8 Å². The third-order valence-corrected chi connectivity index (χ3v) is 4.41. The third kappa shape index (κ3) is 3.05. The molecule has 2 N–H and O–H groups in total. The number of H-pyrrole nitrogens is 1. The highest BCUT2D eigenvalue weighted by atomic mass is 16.6. The van der Waals surface area contributed by atoms with Gasteiger partial charge in [-0.25, -0.2) is 4.79 Å². The number of pyridine rings is 2. The second-order valence-electron chi connectivity index (χ2n) is 6.26. The molecule has 8 heteroatoms. The van der Waals surface area contributed by atoms with Crippen LogP contribution in [0.5, 0.6) is 0 Å². The van der Waals surface area contributed by atoms with Crippen LogP contribution in [0.1, 0.15) is 34.2 Å². The summed E-state index contributed by atoms with van der Waals surface area (Å²) in [6.07, 6.45) is 1.54. The van der Waals surface area contributed by atoms with Crippen molar-refractivity contribution in [3.05, 3.63) is 67.2 Å². The molecule has 0 radical (unpaired) electrons. The molecule has 0 bridgehead atoms. The zero-order valence-corrected chi connectivity index (χ0v) is 15.0. The number of nitro groups is 1. The molecule has 0 fully saturated rings. The maximum Gasteiger partial charge on any atom is 0.341 e. The van der Waals surface area contributed by atoms with Gasteiger partial charge in [-0.05, 0) is 43.5 Å². The van der Waals surface area contributed by atoms with E-state index in [1.807, 2.05) is 6.92 Å². The summed E-state index contributed by atoms with van der Waals surface area (Å²) in [5.74, 6) is -1.39. The Morgan fingerprint density at radius 2 is 1.89 bits per heavy atom. The summed E-state index contributed by atoms with van der Waals surface area (Å²) in [7, 11) is 0. The number of aryl methyl sites for hydroxylation is 3. The highest BCUT2D eigenvalue weighted by molar-refractivity contribution is 5.98. The Labute approximate surface area is 153 Å². The number of hydrogen-bond donors (Lipinski definition) is 2. The largest absolute Gasteiger partial charge is 0.477 e. The minimum Gasteiger partial charge on any atom is -0.477 e. The van der Waals surface area contributed by atoms with Gasteiger partial charge in [-0.1, -0.05) is 6.92 Å². The van der Waals surface area contributed by atoms with Crippen LogP contribution in [0.2, 0.25) is 0 Å². The van der Waals surface area contributed by atoms with Gasteiger partial charge in [-0.3, -0.25) is 19.9 Å². The van der Waals surface area contributed by atoms with Crippen molar-refractivity contribution in [1.82, 2.24) is 9.97 Å². The molecule has 1 aromatic carbocycles. The molecule has 0 atom stereocenters. The Morgan fingerprint density at radius 3 is 2.41 bits per heavy atom. The molecule has 0 spiro atoms. The summed E-state index contributed by atoms with van der Waals surface area (Å²) in [4.78, 5) is 42.1. The number of carboxylic acids is 1. The zero-order chi connectivity index (χ0) is 19.9. The normalized spacial score (nSPS) is 10.9. The first-order valence-corrected chi connectivity index (χ1v) is 8.29. The van der Waals surface area contributed by atoms with Crippen LogP contribution in [0, 0.1) is 24.0 Å². The molecule has 0 aliphatic rings. The van der Waals surface area contributed by atoms with E-state index in [1.54, 1.807) is 26.0 Å². The molecule has 3 rings (SSSR count). The van der Waals surface area contributed by atoms with Gasteiger partial charge in [0.15, 0.2) is 0 Å². The van der Waals surface area contributed by atoms with Gasteiger partial charge in [-0.2, -0.15) is 0 Å². The van der Waals surface area contributed by atoms with Crippen molar-refractivity contribution in [3.8, 4) is 11.1 Å². The van der Waals surface area contributed by atoms with Gasteiger partial charge in [-0.15, -0.1) is 0 Å². The summed E-state index contributed by atoms with van der Waals surface area (Å²) >= 11 is 0. The Morgan fingerprint density at radius 1 is 1.26 bits per heavy atom. The lowest BCUT2D eigenvalue weighted by atomic mass is 9.92. The fraction of sp³-hybridized carbons (Fsp3) is 0.211. The van der Waals surface area contributed by atoms with Crippen molar-refractivity contribution >= 4 is 22.6 Å². The number of nitrogens with zero attached hydrogens (tertiary/aromatic N) is 2. The van der Waals surface area contributed by atoms with Crippen LogP contribution in [0.3, 0.4) is 0 Å². The van der Waals surface area contributed by atoms with Gasteiger partial charge < -0.3 is 10.1 Å². The van der Waals surface area contributed by atoms with E-state index >= 15 is 0 Å². The smallest absolute Gasteiger partial charge is 0.341 e. The van der Waals surface area contributed by atoms with E-state index in [2.05, 4.69) is 9.97 Å². The number of carboxylic acid groups (broad SMARTS) is 1. The van der Waals surface area contributed by atoms with Gasteiger partial charge >= 0.3 is 5.97 Å². The Balaban J connectivity index is 2.52. The highest BCUT2D eigenvalue weighted by Gasteiger charge is 2.25. The van der Waals surface area contributed by atoms with Gasteiger partial charge in [0.05, 0.1) is 21.4 Å². The van der Waals surface area contributed by atoms with Crippen molar-refractivity contribution in [2.24, 2.45) is 0 Å². The molecule has 2 heterocycles. The van der Waals surface area contributed by atoms with Gasteiger partial charge in [0.25, 0.3) is 5.69 Å². The molecule has 0 saturated heterocycles. The number of nitrogens with one attached hydrogen (secondary N) is 1. The average Bonchev–Trinajstić information content (AvgIpc) is 2.59. The molecular formula is C19H17N3O5. The quantitative estimate of drug-likeness (QED) is 0.538. The second kappa shape index (κ2) is 6.64. The molecule has 0 aliphatic carbocycles. The number of aromatic carboxylic acids is 1. The lowest BCUT2D eigenvalue weighted by Gasteiger charge is -2.14. The Bertz CT molecular complexity index is 1140. The SMILES string of the molecule is CCc1c(-c2cc(C)nc(C)c2)c([N+](=O)[O-])cc2c(=O)c(C(=O)O)c[nH]c12. The third-order valence-electron chi connectivity index (χ3n) is 4.41. The molecular weight excluding hydrogens is 350 g/mol. The number of carbonyl (C=O) groups is 1. The number of hydrogen-bond acceptors (Lipinski definition) is 5. The van der Waals surface area contributed by atoms with Crippen LogP contribution in [-0.2, 0) is 6.42 Å². The number of nitro benzene ring substituents is 1. The molecule has 2 aromatic heterocycles. The fourth-order valence-corrected chi connectivity index (χ4v) is 3.38. The molecule has 138 valence electrons. The van der Waals surface area contributed by atoms with Crippen LogP contribution in [0.15, 0.2) is 29.2 Å². The lowest BCUT2D eigenvalue weighted by molar-refractivity contribution is -0.384. The minimum absolute atomic E-state index is 0.00954. The molecule has 0 saturated carbocycles. The van der Waals surface area contributed by atoms with E-state index in [9.17, 15) is 19.7 Å². The van der Waals surface area contributed by atoms with Crippen LogP contribution in [0.25, 0.3) is 22.0 Å². The van der Waals surface area contributed by atoms with Gasteiger partial charge in [0, 0.05) is 23.7 Å². The first kappa shape index (κ1) is 18.2. The van der Waals surface area contributed by atoms with Crippen LogP contribution >= 0.6 is 0 Å². The summed E-state index contributed by atoms with van der Waals surface area (Å²) in [5.41, 5.74) is 2.02. The monoisotopic (exact) mass is 367 g/mol. The first-order valence-electron chi connectivity index (χ1n) is 8.29. The predicted molar refractivity (Wildman–Crippen MR) is 100 cm³/mol. The average molecular weight is 367 g/mol. The van der Waals surface area contributed by atoms with E-state index in [0.717, 1.165) is 23.7 Å². The number of aromatic nitrogens is 2. The molecule has 3 aromatic rings. The highest BCUT2D eigenvalue weighted by Crippen LogP contribution is 2.38. The maximum atomic E-state index is 12.5. The van der Waals surface area contributed by atoms with E-state index in [4.69, 9.17) is 5.11 Å². The Hall–Kier alpha value is -3.55. The van der Waals surface area contributed by atoms with Crippen molar-refractivity contribution in [2.45, 2.75) is 27.2 Å². The molecule has 0 aliphatic heterocycles. The topological polar surface area (TPSA) is 126 Å². The van der Waals surface area contributed by atoms with Crippen molar-refractivity contribution in [2.75, 3.05) is 0 Å². The molecule has 27 heavy (non-hydrogen) atoms. The van der Waals surface area contributed by atoms with E-state index < -0.39 is 21.9 Å². The Kier molecular flexibility index (Phi) is 4.49. The predicted octanol–water partition coefficient (Wildman–Crippen LogP) is 3.38. The standard InChI is InChI=1S/C19H17N3O5/c1-4-12-16(11-5-9(2)21-10(3)6-11)15(22(26)27)7-13-17(12)20-8-14(18(13)23)19(24)25/h5-8H,4H2,1-3H3,(H,20,23)(H,24,25). The lowest BCUT2D eigenvalue weighted by Crippen LogP contribution is -2.16. The summed E-state index contributed by atoms with van der Waals surface area (Å²) in [6, 6.07) is 4.66. The van der Waals surface area contributed by atoms with Crippen LogP contribution < -0.4 is 5.43 Å². The second-order valence-corrected chi connectivity index (χ2v) is 6.26. The summed E-state index contributed by atoms with van der Waals surface area (Å²) in [5, 5.41) is 20.9. The van der Waals surface area contributed by atoms with Gasteiger partial charge in [0.2, 0.25) is 5.43 Å². The number of fused-ring (bicyclic) bond motifs is 1. The maximum absolute atomic E-state index is 12.5. The number of benzene rings is 1. The van der Waals surface area contributed by atoms with Crippen LogP contribution in [0.4, 0.5) is 5.69 Å². The minimum atomic E-state index is -1.39. The van der Waals surface area contributed by atoms with Crippen molar-refractivity contribution in [1.29, 1.82) is 0 Å². The van der Waals surface area contributed by atoms with Crippen molar-refractivity contribution in [3.63, 3.8) is 0 Å².